The summed E-state index contributed by atoms with van der Waals surface area (Å²) in [7, 11) is 4.32. The molecule has 5 heteroatoms. The summed E-state index contributed by atoms with van der Waals surface area (Å²) < 4.78 is 18.7. The Hall–Kier alpha value is -1.30. The molecular weight excluding hydrogens is 388 g/mol. The van der Waals surface area contributed by atoms with Crippen molar-refractivity contribution in [3.63, 3.8) is 0 Å². The Balaban J connectivity index is 1.94. The van der Waals surface area contributed by atoms with Crippen LogP contribution in [0.15, 0.2) is 24.3 Å². The van der Waals surface area contributed by atoms with Crippen LogP contribution in [0.3, 0.4) is 0 Å². The molecular formula is C26H46N2O3. The van der Waals surface area contributed by atoms with E-state index in [0.29, 0.717) is 13.2 Å². The van der Waals surface area contributed by atoms with Gasteiger partial charge in [0.2, 0.25) is 0 Å². The molecule has 0 aromatic heterocycles. The van der Waals surface area contributed by atoms with Gasteiger partial charge in [0.15, 0.2) is 12.5 Å². The highest BCUT2D eigenvalue weighted by atomic mass is 16.5. The molecule has 31 heavy (non-hydrogen) atoms. The van der Waals surface area contributed by atoms with E-state index in [1.165, 1.54) is 51.4 Å². The minimum absolute atomic E-state index is 0.0335. The predicted molar refractivity (Wildman–Crippen MR) is 129 cm³/mol. The third kappa shape index (κ3) is 10.2. The van der Waals surface area contributed by atoms with Crippen LogP contribution in [-0.2, 0) is 4.74 Å². The van der Waals surface area contributed by atoms with Gasteiger partial charge in [0.05, 0.1) is 13.2 Å². The summed E-state index contributed by atoms with van der Waals surface area (Å²) in [6.07, 6.45) is 11.9. The van der Waals surface area contributed by atoms with E-state index < -0.39 is 0 Å². The molecule has 0 N–H and O–H groups in total. The van der Waals surface area contributed by atoms with Crippen LogP contribution in [0.25, 0.3) is 0 Å². The molecule has 1 aromatic rings. The number of rotatable bonds is 12. The van der Waals surface area contributed by atoms with Crippen molar-refractivity contribution < 1.29 is 14.2 Å². The second-order valence-electron chi connectivity index (χ2n) is 8.89. The highest BCUT2D eigenvalue weighted by Gasteiger charge is 2.20. The van der Waals surface area contributed by atoms with E-state index in [9.17, 15) is 0 Å². The van der Waals surface area contributed by atoms with Gasteiger partial charge in [-0.15, -0.1) is 0 Å². The molecule has 2 aliphatic rings. The summed E-state index contributed by atoms with van der Waals surface area (Å²) in [6, 6.07) is 8.13. The summed E-state index contributed by atoms with van der Waals surface area (Å²) >= 11 is 0. The van der Waals surface area contributed by atoms with Gasteiger partial charge in [0, 0.05) is 25.9 Å². The number of benzene rings is 1. The average molecular weight is 435 g/mol. The lowest BCUT2D eigenvalue weighted by atomic mass is 10.2. The number of fused-ring (bicyclic) bond motifs is 10. The SMILES string of the molecule is CCCCCCN(C)C1CCOCCC(N(C)CCCCCC)Oc2ccc(cc2)O1. The first kappa shape index (κ1) is 26.0. The molecule has 0 fully saturated rings. The Kier molecular flexibility index (Phi) is 13.0. The standard InChI is InChI=1S/C26H46N2O3/c1-5-7-9-11-19-27(3)25-17-21-29-22-18-26(28(4)20-12-10-8-6-2)31-24-15-13-23(30-25)14-16-24/h13-16,25-26H,5-12,17-22H2,1-4H3. The fourth-order valence-electron chi connectivity index (χ4n) is 3.98. The monoisotopic (exact) mass is 434 g/mol. The molecule has 178 valence electrons. The maximum atomic E-state index is 6.33. The topological polar surface area (TPSA) is 34.2 Å². The summed E-state index contributed by atoms with van der Waals surface area (Å²) in [6.45, 7) is 8.01. The molecule has 0 aliphatic carbocycles. The van der Waals surface area contributed by atoms with Crippen molar-refractivity contribution in [3.05, 3.63) is 24.3 Å². The Morgan fingerprint density at radius 3 is 1.48 bits per heavy atom. The second kappa shape index (κ2) is 15.5. The zero-order valence-electron chi connectivity index (χ0n) is 20.5. The van der Waals surface area contributed by atoms with Crippen LogP contribution >= 0.6 is 0 Å². The maximum Gasteiger partial charge on any atom is 0.154 e. The van der Waals surface area contributed by atoms with Crippen LogP contribution < -0.4 is 9.47 Å². The highest BCUT2D eigenvalue weighted by molar-refractivity contribution is 5.31. The van der Waals surface area contributed by atoms with Crippen LogP contribution in [0.5, 0.6) is 11.5 Å². The maximum absolute atomic E-state index is 6.33. The fourth-order valence-corrected chi connectivity index (χ4v) is 3.98. The summed E-state index contributed by atoms with van der Waals surface area (Å²) in [5.74, 6) is 1.78. The van der Waals surface area contributed by atoms with E-state index in [-0.39, 0.29) is 12.5 Å². The Labute approximate surface area is 191 Å². The van der Waals surface area contributed by atoms with Crippen molar-refractivity contribution in [1.29, 1.82) is 0 Å². The molecule has 2 aliphatic heterocycles. The largest absolute Gasteiger partial charge is 0.475 e. The molecule has 2 atom stereocenters. The Morgan fingerprint density at radius 2 is 1.10 bits per heavy atom. The molecule has 1 aromatic carbocycles. The lowest BCUT2D eigenvalue weighted by Crippen LogP contribution is -2.39. The number of hydrogen-bond acceptors (Lipinski definition) is 5. The molecule has 2 heterocycles. The lowest BCUT2D eigenvalue weighted by molar-refractivity contribution is -0.00983. The van der Waals surface area contributed by atoms with Crippen molar-refractivity contribution in [2.45, 2.75) is 90.5 Å². The molecule has 0 radical (unpaired) electrons. The van der Waals surface area contributed by atoms with E-state index in [1.54, 1.807) is 0 Å². The summed E-state index contributed by atoms with van der Waals surface area (Å²) in [5, 5.41) is 0. The van der Waals surface area contributed by atoms with E-state index in [1.807, 2.05) is 24.3 Å². The average Bonchev–Trinajstić information content (AvgIpc) is 2.81. The number of hydrogen-bond donors (Lipinski definition) is 0. The smallest absolute Gasteiger partial charge is 0.154 e. The van der Waals surface area contributed by atoms with Gasteiger partial charge in [-0.2, -0.15) is 0 Å². The van der Waals surface area contributed by atoms with Crippen LogP contribution in [0, 0.1) is 0 Å². The molecule has 2 unspecified atom stereocenters. The van der Waals surface area contributed by atoms with Gasteiger partial charge in [-0.1, -0.05) is 52.4 Å². The quantitative estimate of drug-likeness (QED) is 0.381. The van der Waals surface area contributed by atoms with Gasteiger partial charge < -0.3 is 14.2 Å². The van der Waals surface area contributed by atoms with Crippen molar-refractivity contribution in [3.8, 4) is 11.5 Å². The first-order chi connectivity index (χ1) is 15.1. The van der Waals surface area contributed by atoms with E-state index >= 15 is 0 Å². The van der Waals surface area contributed by atoms with Gasteiger partial charge in [-0.25, -0.2) is 0 Å². The van der Waals surface area contributed by atoms with Gasteiger partial charge in [0.1, 0.15) is 11.5 Å². The van der Waals surface area contributed by atoms with Gasteiger partial charge in [-0.05, 0) is 51.2 Å². The first-order valence-corrected chi connectivity index (χ1v) is 12.6. The molecule has 2 bridgehead atoms. The van der Waals surface area contributed by atoms with E-state index in [0.717, 1.165) is 37.4 Å². The third-order valence-corrected chi connectivity index (χ3v) is 6.10. The Morgan fingerprint density at radius 1 is 0.677 bits per heavy atom. The number of ether oxygens (including phenoxy) is 3. The molecule has 0 amide bonds. The van der Waals surface area contributed by atoms with Crippen molar-refractivity contribution >= 4 is 0 Å². The second-order valence-corrected chi connectivity index (χ2v) is 8.89. The van der Waals surface area contributed by atoms with Crippen LogP contribution in [-0.4, -0.2) is 62.7 Å². The summed E-state index contributed by atoms with van der Waals surface area (Å²) in [4.78, 5) is 4.66. The zero-order valence-corrected chi connectivity index (χ0v) is 20.5. The first-order valence-electron chi connectivity index (χ1n) is 12.6. The van der Waals surface area contributed by atoms with Crippen LogP contribution in [0.4, 0.5) is 0 Å². The van der Waals surface area contributed by atoms with Gasteiger partial charge in [0.25, 0.3) is 0 Å². The molecule has 0 saturated heterocycles. The molecule has 0 saturated carbocycles. The van der Waals surface area contributed by atoms with Crippen molar-refractivity contribution in [1.82, 2.24) is 9.80 Å². The van der Waals surface area contributed by atoms with E-state index in [4.69, 9.17) is 14.2 Å². The number of unbranched alkanes of at least 4 members (excludes halogenated alkanes) is 6. The number of nitrogens with zero attached hydrogens (tertiary/aromatic N) is 2. The zero-order chi connectivity index (χ0) is 22.3. The van der Waals surface area contributed by atoms with Gasteiger partial charge in [-0.3, -0.25) is 9.80 Å². The molecule has 0 spiro atoms. The van der Waals surface area contributed by atoms with Gasteiger partial charge >= 0.3 is 0 Å². The third-order valence-electron chi connectivity index (χ3n) is 6.10. The minimum atomic E-state index is 0.0335. The normalized spacial score (nSPS) is 20.1. The van der Waals surface area contributed by atoms with E-state index in [2.05, 4.69) is 37.7 Å². The minimum Gasteiger partial charge on any atom is -0.475 e. The molecule has 3 rings (SSSR count). The lowest BCUT2D eigenvalue weighted by Gasteiger charge is -2.29. The molecule has 5 nitrogen and oxygen atoms in total. The summed E-state index contributed by atoms with van der Waals surface area (Å²) in [5.41, 5.74) is 0. The van der Waals surface area contributed by atoms with Crippen LogP contribution in [0.2, 0.25) is 0 Å². The predicted octanol–water partition coefficient (Wildman–Crippen LogP) is 5.93. The van der Waals surface area contributed by atoms with Crippen LogP contribution in [0.1, 0.15) is 78.1 Å². The van der Waals surface area contributed by atoms with Crippen molar-refractivity contribution in [2.24, 2.45) is 0 Å². The Bertz CT molecular complexity index is 517. The van der Waals surface area contributed by atoms with Crippen molar-refractivity contribution in [2.75, 3.05) is 40.4 Å². The highest BCUT2D eigenvalue weighted by Crippen LogP contribution is 2.23. The fraction of sp³-hybridized carbons (Fsp3) is 0.769.